The van der Waals surface area contributed by atoms with Crippen LogP contribution in [-0.2, 0) is 20.0 Å². The number of hydrogen-bond donors (Lipinski definition) is 2. The third-order valence-corrected chi connectivity index (χ3v) is 3.10. The molecule has 6 nitrogen and oxygen atoms in total. The van der Waals surface area contributed by atoms with Gasteiger partial charge in [0, 0.05) is 0 Å². The second-order valence-corrected chi connectivity index (χ2v) is 6.49. The van der Waals surface area contributed by atoms with E-state index in [0.717, 1.165) is 0 Å². The molecule has 0 fully saturated rings. The highest BCUT2D eigenvalue weighted by atomic mass is 32.2. The number of nitrogens with one attached hydrogen (secondary N) is 1. The van der Waals surface area contributed by atoms with E-state index in [1.807, 2.05) is 0 Å². The number of sulfonamides is 2. The number of anilines is 1. The van der Waals surface area contributed by atoms with Crippen LogP contribution in [0.1, 0.15) is 0 Å². The minimum Gasteiger partial charge on any atom is -0.278 e. The third-order valence-electron chi connectivity index (χ3n) is 1.63. The molecule has 10 heteroatoms. The minimum atomic E-state index is -4.27. The van der Waals surface area contributed by atoms with E-state index < -0.39 is 42.3 Å². The fourth-order valence-corrected chi connectivity index (χ4v) is 2.10. The maximum atomic E-state index is 13.3. The number of benzene rings is 1. The lowest BCUT2D eigenvalue weighted by Crippen LogP contribution is -2.16. The summed E-state index contributed by atoms with van der Waals surface area (Å²) in [5.41, 5.74) is -0.958. The molecule has 1 aromatic rings. The topological polar surface area (TPSA) is 106 Å². The molecule has 0 aliphatic carbocycles. The van der Waals surface area contributed by atoms with Gasteiger partial charge in [0.15, 0.2) is 11.6 Å². The summed E-state index contributed by atoms with van der Waals surface area (Å²) in [6.45, 7) is 0. The maximum absolute atomic E-state index is 13.3. The summed E-state index contributed by atoms with van der Waals surface area (Å²) in [5, 5.41) is 4.67. The van der Waals surface area contributed by atoms with E-state index in [0.29, 0.717) is 18.4 Å². The Hall–Kier alpha value is -1.26. The highest BCUT2D eigenvalue weighted by molar-refractivity contribution is 7.92. The molecule has 0 amide bonds. The average molecular weight is 286 g/mol. The zero-order valence-electron chi connectivity index (χ0n) is 8.44. The molecule has 0 spiro atoms. The molecule has 1 aromatic carbocycles. The van der Waals surface area contributed by atoms with Crippen LogP contribution in [-0.4, -0.2) is 23.1 Å². The molecule has 0 radical (unpaired) electrons. The van der Waals surface area contributed by atoms with Crippen molar-refractivity contribution in [3.05, 3.63) is 23.8 Å². The molecule has 0 unspecified atom stereocenters. The van der Waals surface area contributed by atoms with Gasteiger partial charge in [-0.05, 0) is 12.1 Å². The number of halogens is 2. The van der Waals surface area contributed by atoms with Crippen molar-refractivity contribution in [2.24, 2.45) is 5.14 Å². The van der Waals surface area contributed by atoms with Crippen LogP contribution < -0.4 is 9.86 Å². The molecule has 96 valence electrons. The zero-order chi connectivity index (χ0) is 13.4. The first-order chi connectivity index (χ1) is 7.50. The predicted octanol–water partition coefficient (Wildman–Crippen LogP) is -0.0163. The second-order valence-electron chi connectivity index (χ2n) is 3.18. The summed E-state index contributed by atoms with van der Waals surface area (Å²) >= 11 is 0. The molecular formula is C7H8F2N2O4S2. The second kappa shape index (κ2) is 4.20. The van der Waals surface area contributed by atoms with Gasteiger partial charge in [-0.1, -0.05) is 0 Å². The number of hydrogen-bond acceptors (Lipinski definition) is 4. The molecule has 0 aromatic heterocycles. The van der Waals surface area contributed by atoms with Crippen molar-refractivity contribution in [3.63, 3.8) is 0 Å². The van der Waals surface area contributed by atoms with E-state index in [2.05, 4.69) is 5.14 Å². The van der Waals surface area contributed by atoms with Gasteiger partial charge in [0.25, 0.3) is 0 Å². The van der Waals surface area contributed by atoms with Crippen LogP contribution in [0.25, 0.3) is 0 Å². The van der Waals surface area contributed by atoms with E-state index in [4.69, 9.17) is 0 Å². The first kappa shape index (κ1) is 13.8. The summed E-state index contributed by atoms with van der Waals surface area (Å²) in [6, 6.07) is 0.845. The van der Waals surface area contributed by atoms with Crippen molar-refractivity contribution in [2.75, 3.05) is 11.0 Å². The molecule has 0 aliphatic heterocycles. The van der Waals surface area contributed by atoms with Crippen molar-refractivity contribution in [3.8, 4) is 0 Å². The van der Waals surface area contributed by atoms with Crippen LogP contribution in [0.15, 0.2) is 17.0 Å². The lowest BCUT2D eigenvalue weighted by Gasteiger charge is -2.08. The Morgan fingerprint density at radius 2 is 1.53 bits per heavy atom. The van der Waals surface area contributed by atoms with E-state index in [-0.39, 0.29) is 0 Å². The van der Waals surface area contributed by atoms with Crippen LogP contribution in [0.2, 0.25) is 0 Å². The molecule has 0 heterocycles. The zero-order valence-corrected chi connectivity index (χ0v) is 10.1. The van der Waals surface area contributed by atoms with Crippen molar-refractivity contribution >= 4 is 25.7 Å². The van der Waals surface area contributed by atoms with E-state index in [1.165, 1.54) is 0 Å². The van der Waals surface area contributed by atoms with Crippen molar-refractivity contribution < 1.29 is 25.6 Å². The lowest BCUT2D eigenvalue weighted by atomic mass is 10.3. The number of nitrogens with two attached hydrogens (primary N) is 1. The largest absolute Gasteiger partial charge is 0.278 e. The molecule has 0 aliphatic rings. The molecule has 0 saturated heterocycles. The van der Waals surface area contributed by atoms with Crippen molar-refractivity contribution in [2.45, 2.75) is 4.90 Å². The fraction of sp³-hybridized carbons (Fsp3) is 0.143. The van der Waals surface area contributed by atoms with E-state index in [1.54, 1.807) is 4.72 Å². The quantitative estimate of drug-likeness (QED) is 0.814. The Morgan fingerprint density at radius 3 is 1.82 bits per heavy atom. The SMILES string of the molecule is CS(=O)(=O)Nc1c(F)cc(S(N)(=O)=O)cc1F. The number of rotatable bonds is 3. The Balaban J connectivity index is 3.40. The predicted molar refractivity (Wildman–Crippen MR) is 56.2 cm³/mol. The van der Waals surface area contributed by atoms with Gasteiger partial charge in [0.2, 0.25) is 20.0 Å². The molecule has 0 saturated carbocycles. The van der Waals surface area contributed by atoms with Gasteiger partial charge in [0.05, 0.1) is 11.2 Å². The highest BCUT2D eigenvalue weighted by Gasteiger charge is 2.18. The summed E-state index contributed by atoms with van der Waals surface area (Å²) in [5.74, 6) is -2.75. The standard InChI is InChI=1S/C7H8F2N2O4S2/c1-16(12,13)11-7-5(8)2-4(3-6(7)9)17(10,14)15/h2-3,11H,1H3,(H2,10,14,15). The fourth-order valence-electron chi connectivity index (χ4n) is 0.997. The van der Waals surface area contributed by atoms with Crippen molar-refractivity contribution in [1.82, 2.24) is 0 Å². The maximum Gasteiger partial charge on any atom is 0.238 e. The molecular weight excluding hydrogens is 278 g/mol. The third kappa shape index (κ3) is 3.61. The van der Waals surface area contributed by atoms with Gasteiger partial charge < -0.3 is 0 Å². The van der Waals surface area contributed by atoms with Gasteiger partial charge in [-0.25, -0.2) is 30.8 Å². The van der Waals surface area contributed by atoms with Gasteiger partial charge >= 0.3 is 0 Å². The average Bonchev–Trinajstić information content (AvgIpc) is 2.07. The minimum absolute atomic E-state index is 0.423. The summed E-state index contributed by atoms with van der Waals surface area (Å²) in [6.07, 6.45) is 0.694. The molecule has 3 N–H and O–H groups in total. The van der Waals surface area contributed by atoms with Gasteiger partial charge in [-0.15, -0.1) is 0 Å². The summed E-state index contributed by atoms with van der Waals surface area (Å²) in [7, 11) is -8.15. The smallest absolute Gasteiger partial charge is 0.238 e. The monoisotopic (exact) mass is 286 g/mol. The molecule has 0 bridgehead atoms. The lowest BCUT2D eigenvalue weighted by molar-refractivity contribution is 0.571. The van der Waals surface area contributed by atoms with Crippen LogP contribution in [0.5, 0.6) is 0 Å². The Labute approximate surface area is 96.5 Å². The van der Waals surface area contributed by atoms with Crippen LogP contribution >= 0.6 is 0 Å². The molecule has 1 rings (SSSR count). The summed E-state index contributed by atoms with van der Waals surface area (Å²) in [4.78, 5) is -0.786. The normalized spacial score (nSPS) is 12.5. The first-order valence-corrected chi connectivity index (χ1v) is 7.44. The van der Waals surface area contributed by atoms with E-state index >= 15 is 0 Å². The number of primary sulfonamides is 1. The Morgan fingerprint density at radius 1 is 1.12 bits per heavy atom. The molecule has 17 heavy (non-hydrogen) atoms. The van der Waals surface area contributed by atoms with Gasteiger partial charge in [0.1, 0.15) is 5.69 Å². The van der Waals surface area contributed by atoms with Gasteiger partial charge in [-0.3, -0.25) is 4.72 Å². The van der Waals surface area contributed by atoms with Crippen LogP contribution in [0.4, 0.5) is 14.5 Å². The van der Waals surface area contributed by atoms with Crippen LogP contribution in [0.3, 0.4) is 0 Å². The summed E-state index contributed by atoms with van der Waals surface area (Å²) < 4.78 is 71.4. The Kier molecular flexibility index (Phi) is 3.41. The van der Waals surface area contributed by atoms with Crippen LogP contribution in [0, 0.1) is 11.6 Å². The first-order valence-electron chi connectivity index (χ1n) is 4.00. The van der Waals surface area contributed by atoms with E-state index in [9.17, 15) is 25.6 Å². The highest BCUT2D eigenvalue weighted by Crippen LogP contribution is 2.23. The Bertz CT molecular complexity index is 631. The van der Waals surface area contributed by atoms with Crippen molar-refractivity contribution in [1.29, 1.82) is 0 Å². The van der Waals surface area contributed by atoms with Gasteiger partial charge in [-0.2, -0.15) is 0 Å². The molecule has 0 atom stereocenters.